The summed E-state index contributed by atoms with van der Waals surface area (Å²) in [6, 6.07) is 7.39. The Balaban J connectivity index is 1.96. The zero-order valence-corrected chi connectivity index (χ0v) is 11.1. The molecule has 1 saturated carbocycles. The van der Waals surface area contributed by atoms with E-state index < -0.39 is 18.8 Å². The number of hydrogen-bond donors (Lipinski definition) is 2. The Labute approximate surface area is 116 Å². The van der Waals surface area contributed by atoms with Crippen LogP contribution in [0.15, 0.2) is 24.3 Å². The predicted molar refractivity (Wildman–Crippen MR) is 70.0 cm³/mol. The van der Waals surface area contributed by atoms with Gasteiger partial charge >= 0.3 is 6.18 Å². The molecule has 1 atom stereocenters. The second-order valence-electron chi connectivity index (χ2n) is 5.15. The number of halogens is 3. The van der Waals surface area contributed by atoms with Crippen molar-refractivity contribution >= 4 is 0 Å². The van der Waals surface area contributed by atoms with E-state index in [1.165, 1.54) is 24.8 Å². The van der Waals surface area contributed by atoms with Gasteiger partial charge in [-0.15, -0.1) is 0 Å². The van der Waals surface area contributed by atoms with Gasteiger partial charge in [-0.1, -0.05) is 30.7 Å². The van der Waals surface area contributed by atoms with Gasteiger partial charge in [-0.05, 0) is 29.9 Å². The van der Waals surface area contributed by atoms with E-state index in [4.69, 9.17) is 5.84 Å². The van der Waals surface area contributed by atoms with Crippen molar-refractivity contribution in [1.82, 2.24) is 5.43 Å². The van der Waals surface area contributed by atoms with Gasteiger partial charge in [0.15, 0.2) is 0 Å². The average Bonchev–Trinajstić information content (AvgIpc) is 2.31. The summed E-state index contributed by atoms with van der Waals surface area (Å²) in [5.41, 5.74) is 4.60. The molecule has 0 spiro atoms. The number of ether oxygens (including phenoxy) is 1. The molecule has 0 aliphatic heterocycles. The minimum atomic E-state index is -4.31. The first-order valence-electron chi connectivity index (χ1n) is 6.70. The van der Waals surface area contributed by atoms with Crippen LogP contribution in [-0.4, -0.2) is 19.4 Å². The Kier molecular flexibility index (Phi) is 5.01. The Morgan fingerprint density at radius 2 is 2.10 bits per heavy atom. The number of hydrazine groups is 1. The molecular formula is C14H19F3N2O. The average molecular weight is 288 g/mol. The minimum Gasteiger partial charge on any atom is -0.370 e. The third-order valence-corrected chi connectivity index (χ3v) is 3.64. The van der Waals surface area contributed by atoms with E-state index in [1.54, 1.807) is 0 Å². The molecule has 1 aliphatic rings. The fourth-order valence-corrected chi connectivity index (χ4v) is 2.30. The van der Waals surface area contributed by atoms with E-state index in [9.17, 15) is 13.2 Å². The second kappa shape index (κ2) is 6.56. The highest BCUT2D eigenvalue weighted by Crippen LogP contribution is 2.37. The predicted octanol–water partition coefficient (Wildman–Crippen LogP) is 3.04. The molecule has 0 aromatic heterocycles. The maximum absolute atomic E-state index is 12.1. The topological polar surface area (TPSA) is 47.3 Å². The summed E-state index contributed by atoms with van der Waals surface area (Å²) in [5.74, 6) is 5.99. The standard InChI is InChI=1S/C14H19F3N2O/c15-14(16,17)9-20-8-13(19-18)12-6-2-5-11(7-12)10-3-1-4-10/h2,5-7,10,13,19H,1,3-4,8-9,18H2. The van der Waals surface area contributed by atoms with Gasteiger partial charge in [0, 0.05) is 0 Å². The van der Waals surface area contributed by atoms with Gasteiger partial charge in [-0.25, -0.2) is 0 Å². The van der Waals surface area contributed by atoms with Crippen molar-refractivity contribution in [3.63, 3.8) is 0 Å². The molecule has 0 amide bonds. The second-order valence-corrected chi connectivity index (χ2v) is 5.15. The van der Waals surface area contributed by atoms with E-state index in [0.29, 0.717) is 5.92 Å². The SMILES string of the molecule is NNC(COCC(F)(F)F)c1cccc(C2CCC2)c1. The van der Waals surface area contributed by atoms with Crippen molar-refractivity contribution in [3.8, 4) is 0 Å². The molecule has 0 radical (unpaired) electrons. The van der Waals surface area contributed by atoms with Crippen LogP contribution in [0.4, 0.5) is 13.2 Å². The number of alkyl halides is 3. The maximum atomic E-state index is 12.1. The van der Waals surface area contributed by atoms with Crippen LogP contribution in [0, 0.1) is 0 Å². The van der Waals surface area contributed by atoms with Crippen LogP contribution >= 0.6 is 0 Å². The summed E-state index contributed by atoms with van der Waals surface area (Å²) in [6.45, 7) is -1.36. The van der Waals surface area contributed by atoms with Crippen LogP contribution in [0.3, 0.4) is 0 Å². The lowest BCUT2D eigenvalue weighted by Crippen LogP contribution is -2.32. The Hall–Kier alpha value is -1.11. The van der Waals surface area contributed by atoms with Gasteiger partial charge in [0.05, 0.1) is 12.6 Å². The first kappa shape index (κ1) is 15.3. The first-order valence-corrected chi connectivity index (χ1v) is 6.70. The van der Waals surface area contributed by atoms with Gasteiger partial charge in [0.25, 0.3) is 0 Å². The van der Waals surface area contributed by atoms with Gasteiger partial charge in [-0.3, -0.25) is 11.3 Å². The van der Waals surface area contributed by atoms with E-state index >= 15 is 0 Å². The van der Waals surface area contributed by atoms with Crippen LogP contribution < -0.4 is 11.3 Å². The smallest absolute Gasteiger partial charge is 0.370 e. The molecule has 112 valence electrons. The molecule has 1 aliphatic carbocycles. The third-order valence-electron chi connectivity index (χ3n) is 3.64. The van der Waals surface area contributed by atoms with Crippen LogP contribution in [0.25, 0.3) is 0 Å². The molecule has 3 nitrogen and oxygen atoms in total. The normalized spacial score (nSPS) is 17.8. The molecule has 0 bridgehead atoms. The molecule has 1 fully saturated rings. The van der Waals surface area contributed by atoms with Gasteiger partial charge in [0.2, 0.25) is 0 Å². The number of rotatable bonds is 6. The lowest BCUT2D eigenvalue weighted by Gasteiger charge is -2.27. The third kappa shape index (κ3) is 4.19. The Bertz CT molecular complexity index is 433. The highest BCUT2D eigenvalue weighted by Gasteiger charge is 2.28. The lowest BCUT2D eigenvalue weighted by atomic mass is 9.79. The van der Waals surface area contributed by atoms with E-state index in [-0.39, 0.29) is 6.61 Å². The molecule has 0 heterocycles. The molecule has 6 heteroatoms. The minimum absolute atomic E-state index is 0.107. The van der Waals surface area contributed by atoms with E-state index in [0.717, 1.165) is 5.56 Å². The monoisotopic (exact) mass is 288 g/mol. The molecule has 2 rings (SSSR count). The fraction of sp³-hybridized carbons (Fsp3) is 0.571. The van der Waals surface area contributed by atoms with Gasteiger partial charge in [0.1, 0.15) is 6.61 Å². The van der Waals surface area contributed by atoms with Crippen LogP contribution in [-0.2, 0) is 4.74 Å². The van der Waals surface area contributed by atoms with Crippen molar-refractivity contribution in [3.05, 3.63) is 35.4 Å². The van der Waals surface area contributed by atoms with Crippen molar-refractivity contribution in [1.29, 1.82) is 0 Å². The van der Waals surface area contributed by atoms with Crippen molar-refractivity contribution in [2.45, 2.75) is 37.4 Å². The highest BCUT2D eigenvalue weighted by atomic mass is 19.4. The number of hydrogen-bond acceptors (Lipinski definition) is 3. The maximum Gasteiger partial charge on any atom is 0.411 e. The number of nitrogens with two attached hydrogens (primary N) is 1. The van der Waals surface area contributed by atoms with Crippen molar-refractivity contribution in [2.24, 2.45) is 5.84 Å². The molecular weight excluding hydrogens is 269 g/mol. The summed E-state index contributed by atoms with van der Waals surface area (Å²) in [6.07, 6.45) is -0.724. The van der Waals surface area contributed by atoms with Gasteiger partial charge < -0.3 is 4.74 Å². The van der Waals surface area contributed by atoms with Crippen molar-refractivity contribution < 1.29 is 17.9 Å². The van der Waals surface area contributed by atoms with Crippen LogP contribution in [0.5, 0.6) is 0 Å². The molecule has 1 aromatic rings. The summed E-state index contributed by atoms with van der Waals surface area (Å²) in [4.78, 5) is 0. The Morgan fingerprint density at radius 3 is 2.65 bits per heavy atom. The summed E-state index contributed by atoms with van der Waals surface area (Å²) in [7, 11) is 0. The largest absolute Gasteiger partial charge is 0.411 e. The molecule has 20 heavy (non-hydrogen) atoms. The van der Waals surface area contributed by atoms with E-state index in [2.05, 4.69) is 16.2 Å². The van der Waals surface area contributed by atoms with Crippen LogP contribution in [0.1, 0.15) is 42.3 Å². The van der Waals surface area contributed by atoms with Crippen LogP contribution in [0.2, 0.25) is 0 Å². The lowest BCUT2D eigenvalue weighted by molar-refractivity contribution is -0.175. The van der Waals surface area contributed by atoms with E-state index in [1.807, 2.05) is 18.2 Å². The quantitative estimate of drug-likeness (QED) is 0.625. The van der Waals surface area contributed by atoms with Gasteiger partial charge in [-0.2, -0.15) is 13.2 Å². The highest BCUT2D eigenvalue weighted by molar-refractivity contribution is 5.29. The molecule has 1 aromatic carbocycles. The Morgan fingerprint density at radius 1 is 1.35 bits per heavy atom. The zero-order chi connectivity index (χ0) is 14.6. The molecule has 1 unspecified atom stereocenters. The number of benzene rings is 1. The summed E-state index contributed by atoms with van der Waals surface area (Å²) in [5, 5.41) is 0. The molecule has 3 N–H and O–H groups in total. The fourth-order valence-electron chi connectivity index (χ4n) is 2.30. The molecule has 0 saturated heterocycles. The number of nitrogens with one attached hydrogen (secondary N) is 1. The first-order chi connectivity index (χ1) is 9.49. The summed E-state index contributed by atoms with van der Waals surface area (Å²) >= 11 is 0. The summed E-state index contributed by atoms with van der Waals surface area (Å²) < 4.78 is 40.9. The zero-order valence-electron chi connectivity index (χ0n) is 11.1. The van der Waals surface area contributed by atoms with Crippen molar-refractivity contribution in [2.75, 3.05) is 13.2 Å².